The number of hydrogen-bond acceptors (Lipinski definition) is 3. The van der Waals surface area contributed by atoms with Crippen LogP contribution in [-0.2, 0) is 11.2 Å². The van der Waals surface area contributed by atoms with Gasteiger partial charge in [0.1, 0.15) is 11.8 Å². The molecular formula is C14H15F3N2O4. The van der Waals surface area contributed by atoms with Crippen LogP contribution in [0.25, 0.3) is 0 Å². The summed E-state index contributed by atoms with van der Waals surface area (Å²) in [6, 6.07) is 4.09. The second-order valence-electron chi connectivity index (χ2n) is 5.03. The van der Waals surface area contributed by atoms with Crippen LogP contribution in [-0.4, -0.2) is 47.5 Å². The van der Waals surface area contributed by atoms with Gasteiger partial charge in [0.25, 0.3) is 0 Å². The lowest BCUT2D eigenvalue weighted by molar-refractivity contribution is -0.274. The van der Waals surface area contributed by atoms with E-state index in [0.29, 0.717) is 18.5 Å². The maximum atomic E-state index is 12.1. The molecular weight excluding hydrogens is 317 g/mol. The van der Waals surface area contributed by atoms with Gasteiger partial charge in [0, 0.05) is 19.5 Å². The predicted molar refractivity (Wildman–Crippen MR) is 73.0 cm³/mol. The van der Waals surface area contributed by atoms with E-state index in [1.807, 2.05) is 0 Å². The van der Waals surface area contributed by atoms with Gasteiger partial charge in [-0.2, -0.15) is 0 Å². The zero-order valence-corrected chi connectivity index (χ0v) is 12.0. The number of nitrogens with one attached hydrogen (secondary N) is 1. The molecule has 1 unspecified atom stereocenters. The lowest BCUT2D eigenvalue weighted by Crippen LogP contribution is -2.47. The first-order valence-corrected chi connectivity index (χ1v) is 6.88. The van der Waals surface area contributed by atoms with Gasteiger partial charge in [-0.1, -0.05) is 12.1 Å². The molecule has 1 heterocycles. The van der Waals surface area contributed by atoms with Gasteiger partial charge in [-0.15, -0.1) is 13.2 Å². The minimum absolute atomic E-state index is 0.0738. The number of ether oxygens (including phenoxy) is 1. The fourth-order valence-corrected chi connectivity index (χ4v) is 2.36. The molecule has 1 aromatic rings. The van der Waals surface area contributed by atoms with Crippen LogP contribution in [0.2, 0.25) is 0 Å². The molecule has 0 bridgehead atoms. The quantitative estimate of drug-likeness (QED) is 0.887. The first-order chi connectivity index (χ1) is 10.8. The Hall–Kier alpha value is -2.45. The maximum Gasteiger partial charge on any atom is 0.573 e. The summed E-state index contributed by atoms with van der Waals surface area (Å²) in [6.07, 6.45) is -5.40. The zero-order chi connectivity index (χ0) is 17.0. The van der Waals surface area contributed by atoms with Crippen molar-refractivity contribution in [2.24, 2.45) is 0 Å². The van der Waals surface area contributed by atoms with E-state index in [4.69, 9.17) is 0 Å². The predicted octanol–water partition coefficient (Wildman–Crippen LogP) is 2.00. The number of halogens is 3. The molecule has 1 aliphatic heterocycles. The zero-order valence-electron chi connectivity index (χ0n) is 12.0. The van der Waals surface area contributed by atoms with Crippen LogP contribution in [0.5, 0.6) is 5.75 Å². The van der Waals surface area contributed by atoms with Crippen LogP contribution in [0.3, 0.4) is 0 Å². The molecule has 1 aromatic carbocycles. The molecule has 0 aliphatic carbocycles. The van der Waals surface area contributed by atoms with Gasteiger partial charge in [-0.3, -0.25) is 9.69 Å². The lowest BCUT2D eigenvalue weighted by Gasteiger charge is -2.25. The molecule has 9 heteroatoms. The van der Waals surface area contributed by atoms with Crippen molar-refractivity contribution in [1.82, 2.24) is 10.2 Å². The molecule has 6 nitrogen and oxygen atoms in total. The summed E-state index contributed by atoms with van der Waals surface area (Å²) in [5, 5.41) is 11.8. The van der Waals surface area contributed by atoms with Crippen molar-refractivity contribution in [1.29, 1.82) is 0 Å². The van der Waals surface area contributed by atoms with Crippen LogP contribution in [0, 0.1) is 0 Å². The van der Waals surface area contributed by atoms with Crippen molar-refractivity contribution in [2.75, 3.05) is 13.1 Å². The van der Waals surface area contributed by atoms with Crippen molar-refractivity contribution >= 4 is 12.0 Å². The first-order valence-electron chi connectivity index (χ1n) is 6.88. The van der Waals surface area contributed by atoms with Gasteiger partial charge >= 0.3 is 12.5 Å². The first kappa shape index (κ1) is 16.9. The molecule has 2 rings (SSSR count). The highest BCUT2D eigenvalue weighted by Gasteiger charge is 2.32. The van der Waals surface area contributed by atoms with E-state index >= 15 is 0 Å². The second kappa shape index (κ2) is 6.76. The lowest BCUT2D eigenvalue weighted by atomic mass is 10.0. The van der Waals surface area contributed by atoms with Gasteiger partial charge in [0.2, 0.25) is 5.91 Å². The molecule has 1 fully saturated rings. The minimum Gasteiger partial charge on any atom is -0.465 e. The van der Waals surface area contributed by atoms with Crippen LogP contribution in [0.15, 0.2) is 24.3 Å². The van der Waals surface area contributed by atoms with Crippen molar-refractivity contribution < 1.29 is 32.6 Å². The summed E-state index contributed by atoms with van der Waals surface area (Å²) in [5.74, 6) is -0.790. The number of amides is 2. The highest BCUT2D eigenvalue weighted by atomic mass is 19.4. The van der Waals surface area contributed by atoms with E-state index < -0.39 is 24.4 Å². The molecule has 1 aliphatic rings. The Bertz CT molecular complexity index is 574. The van der Waals surface area contributed by atoms with Gasteiger partial charge in [0.05, 0.1) is 0 Å². The number of carboxylic acid groups (broad SMARTS) is 1. The standard InChI is InChI=1S/C14H15F3N2O4/c15-14(16,17)23-10-4-2-9(3-5-10)8-11-12(20)18-6-1-7-19(11)13(21)22/h2-5,11H,1,6-8H2,(H,18,20)(H,21,22). The monoisotopic (exact) mass is 332 g/mol. The van der Waals surface area contributed by atoms with Crippen LogP contribution in [0.4, 0.5) is 18.0 Å². The average Bonchev–Trinajstić information content (AvgIpc) is 2.62. The molecule has 0 saturated carbocycles. The van der Waals surface area contributed by atoms with Gasteiger partial charge in [0.15, 0.2) is 0 Å². The molecule has 2 amide bonds. The minimum atomic E-state index is -4.78. The summed E-state index contributed by atoms with van der Waals surface area (Å²) < 4.78 is 40.1. The van der Waals surface area contributed by atoms with Crippen molar-refractivity contribution in [3.05, 3.63) is 29.8 Å². The molecule has 1 atom stereocenters. The van der Waals surface area contributed by atoms with E-state index in [1.165, 1.54) is 12.1 Å². The smallest absolute Gasteiger partial charge is 0.465 e. The fraction of sp³-hybridized carbons (Fsp3) is 0.429. The summed E-state index contributed by atoms with van der Waals surface area (Å²) in [6.45, 7) is 0.603. The van der Waals surface area contributed by atoms with E-state index in [-0.39, 0.29) is 18.7 Å². The van der Waals surface area contributed by atoms with Gasteiger partial charge < -0.3 is 15.2 Å². The number of carbonyl (C=O) groups excluding carboxylic acids is 1. The number of rotatable bonds is 3. The molecule has 0 spiro atoms. The molecule has 2 N–H and O–H groups in total. The Morgan fingerprint density at radius 1 is 1.35 bits per heavy atom. The number of nitrogens with zero attached hydrogens (tertiary/aromatic N) is 1. The Morgan fingerprint density at radius 3 is 2.57 bits per heavy atom. The molecule has 23 heavy (non-hydrogen) atoms. The molecule has 126 valence electrons. The molecule has 0 radical (unpaired) electrons. The Balaban J connectivity index is 2.12. The van der Waals surface area contributed by atoms with Gasteiger partial charge in [-0.25, -0.2) is 4.79 Å². The SMILES string of the molecule is O=C1NCCCN(C(=O)O)C1Cc1ccc(OC(F)(F)F)cc1. The third-order valence-electron chi connectivity index (χ3n) is 3.39. The Kier molecular flexibility index (Phi) is 4.97. The summed E-state index contributed by atoms with van der Waals surface area (Å²) in [5.41, 5.74) is 0.535. The highest BCUT2D eigenvalue weighted by Crippen LogP contribution is 2.23. The maximum absolute atomic E-state index is 12.1. The molecule has 0 aromatic heterocycles. The molecule has 1 saturated heterocycles. The Morgan fingerprint density at radius 2 is 2.00 bits per heavy atom. The topological polar surface area (TPSA) is 78.9 Å². The summed E-state index contributed by atoms with van der Waals surface area (Å²) >= 11 is 0. The highest BCUT2D eigenvalue weighted by molar-refractivity contribution is 5.86. The van der Waals surface area contributed by atoms with Crippen molar-refractivity contribution in [3.63, 3.8) is 0 Å². The van der Waals surface area contributed by atoms with Crippen LogP contribution < -0.4 is 10.1 Å². The van der Waals surface area contributed by atoms with E-state index in [0.717, 1.165) is 17.0 Å². The van der Waals surface area contributed by atoms with E-state index in [1.54, 1.807) is 0 Å². The van der Waals surface area contributed by atoms with Crippen molar-refractivity contribution in [3.8, 4) is 5.75 Å². The number of hydrogen-bond donors (Lipinski definition) is 2. The fourth-order valence-electron chi connectivity index (χ4n) is 2.36. The second-order valence-corrected chi connectivity index (χ2v) is 5.03. The average molecular weight is 332 g/mol. The number of alkyl halides is 3. The van der Waals surface area contributed by atoms with E-state index in [2.05, 4.69) is 10.1 Å². The third kappa shape index (κ3) is 4.76. The number of carbonyl (C=O) groups is 2. The third-order valence-corrected chi connectivity index (χ3v) is 3.39. The van der Waals surface area contributed by atoms with Crippen molar-refractivity contribution in [2.45, 2.75) is 25.2 Å². The largest absolute Gasteiger partial charge is 0.573 e. The summed E-state index contributed by atoms with van der Waals surface area (Å²) in [7, 11) is 0. The Labute approximate surface area is 129 Å². The van der Waals surface area contributed by atoms with Crippen LogP contribution in [0.1, 0.15) is 12.0 Å². The summed E-state index contributed by atoms with van der Waals surface area (Å²) in [4.78, 5) is 24.3. The van der Waals surface area contributed by atoms with Crippen LogP contribution >= 0.6 is 0 Å². The van der Waals surface area contributed by atoms with E-state index in [9.17, 15) is 27.9 Å². The number of benzene rings is 1. The van der Waals surface area contributed by atoms with Gasteiger partial charge in [-0.05, 0) is 24.1 Å². The normalized spacial score (nSPS) is 19.0.